The zero-order chi connectivity index (χ0) is 17.5. The number of carbonyl (C=O) groups excluding carboxylic acids is 1. The molecule has 2 aromatic heterocycles. The van der Waals surface area contributed by atoms with Crippen molar-refractivity contribution in [3.63, 3.8) is 0 Å². The van der Waals surface area contributed by atoms with Gasteiger partial charge in [-0.05, 0) is 36.8 Å². The average molecular weight is 340 g/mol. The van der Waals surface area contributed by atoms with Gasteiger partial charge < -0.3 is 14.8 Å². The van der Waals surface area contributed by atoms with Crippen molar-refractivity contribution < 1.29 is 14.3 Å². The third kappa shape index (κ3) is 4.47. The maximum absolute atomic E-state index is 11.4. The number of ether oxygens (including phenoxy) is 2. The van der Waals surface area contributed by atoms with E-state index in [1.807, 2.05) is 36.4 Å². The second kappa shape index (κ2) is 8.14. The number of pyridine rings is 1. The summed E-state index contributed by atoms with van der Waals surface area (Å²) in [6.45, 7) is 1.48. The van der Waals surface area contributed by atoms with Crippen molar-refractivity contribution in [3.05, 3.63) is 48.8 Å². The number of anilines is 1. The van der Waals surface area contributed by atoms with E-state index >= 15 is 0 Å². The number of benzene rings is 1. The van der Waals surface area contributed by atoms with E-state index in [0.717, 1.165) is 35.4 Å². The van der Waals surface area contributed by atoms with E-state index in [4.69, 9.17) is 4.74 Å². The summed E-state index contributed by atoms with van der Waals surface area (Å²) in [5, 5.41) is 8.37. The molecule has 0 bridgehead atoms. The Kier molecular flexibility index (Phi) is 5.46. The number of nitrogens with one attached hydrogen (secondary N) is 1. The number of fused-ring (bicyclic) bond motifs is 1. The smallest absolute Gasteiger partial charge is 0.327 e. The van der Waals surface area contributed by atoms with Gasteiger partial charge in [0.2, 0.25) is 0 Å². The molecule has 25 heavy (non-hydrogen) atoms. The number of carbonyl (C=O) groups is 1. The number of nitrogens with zero attached hydrogens (tertiary/aromatic N) is 3. The molecule has 7 nitrogen and oxygen atoms in total. The van der Waals surface area contributed by atoms with Crippen LogP contribution in [0.25, 0.3) is 10.9 Å². The highest BCUT2D eigenvalue weighted by Gasteiger charge is 2.08. The zero-order valence-corrected chi connectivity index (χ0v) is 14.0. The molecule has 7 heteroatoms. The molecule has 0 saturated heterocycles. The van der Waals surface area contributed by atoms with Crippen LogP contribution in [0.5, 0.6) is 5.75 Å². The van der Waals surface area contributed by atoms with Crippen LogP contribution in [-0.4, -0.2) is 41.0 Å². The molecule has 0 fully saturated rings. The Morgan fingerprint density at radius 2 is 2.20 bits per heavy atom. The van der Waals surface area contributed by atoms with E-state index in [9.17, 15) is 4.79 Å². The first-order valence-electron chi connectivity index (χ1n) is 8.06. The van der Waals surface area contributed by atoms with Crippen LogP contribution >= 0.6 is 0 Å². The lowest BCUT2D eigenvalue weighted by Gasteiger charge is -2.08. The maximum atomic E-state index is 11.4. The van der Waals surface area contributed by atoms with Gasteiger partial charge in [0.1, 0.15) is 18.1 Å². The summed E-state index contributed by atoms with van der Waals surface area (Å²) in [6.07, 6.45) is 4.33. The van der Waals surface area contributed by atoms with Crippen LogP contribution in [-0.2, 0) is 16.1 Å². The van der Waals surface area contributed by atoms with Crippen molar-refractivity contribution in [3.8, 4) is 5.75 Å². The lowest BCUT2D eigenvalue weighted by Crippen LogP contribution is -2.12. The summed E-state index contributed by atoms with van der Waals surface area (Å²) in [6, 6.07) is 11.5. The van der Waals surface area contributed by atoms with Gasteiger partial charge in [0, 0.05) is 18.1 Å². The van der Waals surface area contributed by atoms with Crippen molar-refractivity contribution >= 4 is 22.7 Å². The molecule has 1 aromatic carbocycles. The molecule has 0 amide bonds. The second-order valence-electron chi connectivity index (χ2n) is 5.44. The highest BCUT2D eigenvalue weighted by molar-refractivity contribution is 5.81. The molecule has 0 radical (unpaired) electrons. The van der Waals surface area contributed by atoms with Crippen molar-refractivity contribution in [2.45, 2.75) is 13.0 Å². The summed E-state index contributed by atoms with van der Waals surface area (Å²) in [5.74, 6) is 1.32. The number of rotatable bonds is 8. The van der Waals surface area contributed by atoms with E-state index in [1.165, 1.54) is 7.11 Å². The van der Waals surface area contributed by atoms with E-state index in [2.05, 4.69) is 20.1 Å². The number of methoxy groups -OCH3 is 1. The molecule has 3 aromatic rings. The maximum Gasteiger partial charge on any atom is 0.327 e. The van der Waals surface area contributed by atoms with Crippen LogP contribution in [0.15, 0.2) is 48.8 Å². The van der Waals surface area contributed by atoms with Crippen LogP contribution in [0, 0.1) is 0 Å². The minimum Gasteiger partial charge on any atom is -0.494 e. The van der Waals surface area contributed by atoms with Crippen LogP contribution in [0.4, 0.5) is 5.82 Å². The number of aromatic nitrogens is 3. The van der Waals surface area contributed by atoms with E-state index < -0.39 is 0 Å². The normalized spacial score (nSPS) is 10.6. The number of esters is 1. The number of hydrogen-bond donors (Lipinski definition) is 1. The fraction of sp³-hybridized carbons (Fsp3) is 0.278. The third-order valence-electron chi connectivity index (χ3n) is 3.68. The van der Waals surface area contributed by atoms with Gasteiger partial charge in [-0.1, -0.05) is 6.07 Å². The molecular weight excluding hydrogens is 320 g/mol. The Hall–Kier alpha value is -3.09. The second-order valence-corrected chi connectivity index (χ2v) is 5.44. The van der Waals surface area contributed by atoms with Gasteiger partial charge in [-0.2, -0.15) is 5.10 Å². The van der Waals surface area contributed by atoms with E-state index in [0.29, 0.717) is 6.61 Å². The minimum atomic E-state index is -0.328. The highest BCUT2D eigenvalue weighted by Crippen LogP contribution is 2.21. The van der Waals surface area contributed by atoms with Crippen LogP contribution in [0.3, 0.4) is 0 Å². The Balaban J connectivity index is 1.50. The molecule has 0 saturated carbocycles. The summed E-state index contributed by atoms with van der Waals surface area (Å²) in [7, 11) is 1.36. The molecule has 3 rings (SSSR count). The predicted molar refractivity (Wildman–Crippen MR) is 94.6 cm³/mol. The Morgan fingerprint density at radius 3 is 3.00 bits per heavy atom. The summed E-state index contributed by atoms with van der Waals surface area (Å²) >= 11 is 0. The summed E-state index contributed by atoms with van der Waals surface area (Å²) in [5.41, 5.74) is 0.870. The van der Waals surface area contributed by atoms with Crippen LogP contribution < -0.4 is 10.1 Å². The Morgan fingerprint density at radius 1 is 1.28 bits per heavy atom. The summed E-state index contributed by atoms with van der Waals surface area (Å²) < 4.78 is 12.1. The molecule has 0 aliphatic heterocycles. The molecule has 2 heterocycles. The molecular formula is C18H20N4O3. The third-order valence-corrected chi connectivity index (χ3v) is 3.68. The first kappa shape index (κ1) is 16.8. The molecule has 0 spiro atoms. The number of hydrogen-bond acceptors (Lipinski definition) is 6. The fourth-order valence-electron chi connectivity index (χ4n) is 2.41. The summed E-state index contributed by atoms with van der Waals surface area (Å²) in [4.78, 5) is 15.6. The van der Waals surface area contributed by atoms with E-state index in [-0.39, 0.29) is 12.5 Å². The minimum absolute atomic E-state index is 0.0966. The van der Waals surface area contributed by atoms with Gasteiger partial charge in [-0.3, -0.25) is 9.48 Å². The van der Waals surface area contributed by atoms with Gasteiger partial charge >= 0.3 is 5.97 Å². The standard InChI is InChI=1S/C18H20N4O3/c1-24-18(23)13-22-16-7-6-15(11-14(16)12-21-22)25-10-4-9-20-17-5-2-3-8-19-17/h2-3,5-8,11-12H,4,9-10,13H2,1H3,(H,19,20). The average Bonchev–Trinajstić information content (AvgIpc) is 3.04. The van der Waals surface area contributed by atoms with Gasteiger partial charge in [0.15, 0.2) is 0 Å². The molecule has 0 unspecified atom stereocenters. The predicted octanol–water partition coefficient (Wildman–Crippen LogP) is 2.49. The van der Waals surface area contributed by atoms with Crippen molar-refractivity contribution in [1.82, 2.24) is 14.8 Å². The lowest BCUT2D eigenvalue weighted by molar-refractivity contribution is -0.141. The lowest BCUT2D eigenvalue weighted by atomic mass is 10.2. The van der Waals surface area contributed by atoms with Crippen LogP contribution in [0.1, 0.15) is 6.42 Å². The Bertz CT molecular complexity index is 833. The Labute approximate surface area is 145 Å². The monoisotopic (exact) mass is 340 g/mol. The van der Waals surface area contributed by atoms with Crippen molar-refractivity contribution in [2.75, 3.05) is 25.6 Å². The molecule has 1 N–H and O–H groups in total. The van der Waals surface area contributed by atoms with Gasteiger partial charge in [-0.25, -0.2) is 4.98 Å². The quantitative estimate of drug-likeness (QED) is 0.501. The van der Waals surface area contributed by atoms with Crippen LogP contribution in [0.2, 0.25) is 0 Å². The first-order chi connectivity index (χ1) is 12.3. The van der Waals surface area contributed by atoms with Gasteiger partial charge in [0.05, 0.1) is 25.4 Å². The first-order valence-corrected chi connectivity index (χ1v) is 8.06. The molecule has 0 atom stereocenters. The highest BCUT2D eigenvalue weighted by atomic mass is 16.5. The van der Waals surface area contributed by atoms with Crippen molar-refractivity contribution in [1.29, 1.82) is 0 Å². The van der Waals surface area contributed by atoms with Crippen molar-refractivity contribution in [2.24, 2.45) is 0 Å². The van der Waals surface area contributed by atoms with Gasteiger partial charge in [0.25, 0.3) is 0 Å². The van der Waals surface area contributed by atoms with Gasteiger partial charge in [-0.15, -0.1) is 0 Å². The molecule has 0 aliphatic carbocycles. The topological polar surface area (TPSA) is 78.3 Å². The fourth-order valence-corrected chi connectivity index (χ4v) is 2.41. The largest absolute Gasteiger partial charge is 0.494 e. The molecule has 0 aliphatic rings. The van der Waals surface area contributed by atoms with E-state index in [1.54, 1.807) is 17.1 Å². The molecule has 130 valence electrons. The zero-order valence-electron chi connectivity index (χ0n) is 14.0. The SMILES string of the molecule is COC(=O)Cn1ncc2cc(OCCCNc3ccccn3)ccc21.